The molecule has 0 spiro atoms. The van der Waals surface area contributed by atoms with Gasteiger partial charge in [0, 0.05) is 36.5 Å². The molecular weight excluding hydrogens is 397 g/mol. The molecule has 8 nitrogen and oxygen atoms in total. The molecule has 0 aliphatic rings. The standard InChI is InChI=1S/C22H24FN7O/c1-14-9-15(2)30(27-14)21-11-18(25-13-26-21)10-20-16(3)22(28-29(20)7-8-31-4)19-6-5-17(23)12-24-19/h5-6,9,11-13H,7-8,10H2,1-4H3. The molecule has 0 radical (unpaired) electrons. The Kier molecular flexibility index (Phi) is 5.85. The van der Waals surface area contributed by atoms with Gasteiger partial charge in [-0.1, -0.05) is 0 Å². The van der Waals surface area contributed by atoms with Crippen molar-refractivity contribution < 1.29 is 9.13 Å². The first-order valence-corrected chi connectivity index (χ1v) is 9.98. The maximum absolute atomic E-state index is 13.3. The van der Waals surface area contributed by atoms with Crippen molar-refractivity contribution in [1.29, 1.82) is 0 Å². The maximum atomic E-state index is 13.3. The van der Waals surface area contributed by atoms with E-state index in [0.717, 1.165) is 39.9 Å². The van der Waals surface area contributed by atoms with Crippen LogP contribution in [0.3, 0.4) is 0 Å². The van der Waals surface area contributed by atoms with Crippen LogP contribution in [0, 0.1) is 26.6 Å². The third kappa shape index (κ3) is 4.36. The zero-order valence-electron chi connectivity index (χ0n) is 18.0. The van der Waals surface area contributed by atoms with E-state index < -0.39 is 0 Å². The number of hydrogen-bond donors (Lipinski definition) is 0. The molecule has 0 aromatic carbocycles. The maximum Gasteiger partial charge on any atom is 0.157 e. The predicted octanol–water partition coefficient (Wildman–Crippen LogP) is 3.22. The zero-order chi connectivity index (χ0) is 22.0. The van der Waals surface area contributed by atoms with E-state index in [1.807, 2.05) is 42.3 Å². The van der Waals surface area contributed by atoms with Crippen molar-refractivity contribution in [3.63, 3.8) is 0 Å². The topological polar surface area (TPSA) is 83.5 Å². The largest absolute Gasteiger partial charge is 0.383 e. The van der Waals surface area contributed by atoms with Gasteiger partial charge >= 0.3 is 0 Å². The van der Waals surface area contributed by atoms with Crippen LogP contribution in [0.4, 0.5) is 4.39 Å². The van der Waals surface area contributed by atoms with E-state index in [0.29, 0.717) is 25.3 Å². The molecule has 0 aliphatic heterocycles. The summed E-state index contributed by atoms with van der Waals surface area (Å²) in [5, 5.41) is 9.24. The highest BCUT2D eigenvalue weighted by atomic mass is 19.1. The lowest BCUT2D eigenvalue weighted by molar-refractivity contribution is 0.182. The van der Waals surface area contributed by atoms with Crippen LogP contribution in [0.2, 0.25) is 0 Å². The van der Waals surface area contributed by atoms with Crippen molar-refractivity contribution in [1.82, 2.24) is 34.5 Å². The number of ether oxygens (including phenoxy) is 1. The van der Waals surface area contributed by atoms with Gasteiger partial charge in [-0.3, -0.25) is 9.67 Å². The summed E-state index contributed by atoms with van der Waals surface area (Å²) < 4.78 is 22.3. The van der Waals surface area contributed by atoms with Crippen LogP contribution in [0.15, 0.2) is 36.8 Å². The van der Waals surface area contributed by atoms with Gasteiger partial charge in [0.15, 0.2) is 5.82 Å². The molecule has 4 heterocycles. The molecule has 0 amide bonds. The smallest absolute Gasteiger partial charge is 0.157 e. The van der Waals surface area contributed by atoms with Crippen LogP contribution in [0.1, 0.15) is 28.3 Å². The van der Waals surface area contributed by atoms with Gasteiger partial charge in [-0.15, -0.1) is 0 Å². The average Bonchev–Trinajstić information content (AvgIpc) is 3.26. The minimum Gasteiger partial charge on any atom is -0.383 e. The molecule has 0 fully saturated rings. The second kappa shape index (κ2) is 8.73. The van der Waals surface area contributed by atoms with Crippen LogP contribution in [0.5, 0.6) is 0 Å². The van der Waals surface area contributed by atoms with Crippen molar-refractivity contribution in [2.75, 3.05) is 13.7 Å². The molecule has 4 aromatic heterocycles. The molecule has 0 saturated carbocycles. The molecule has 4 aromatic rings. The van der Waals surface area contributed by atoms with Crippen LogP contribution in [-0.2, 0) is 17.7 Å². The summed E-state index contributed by atoms with van der Waals surface area (Å²) in [5.41, 5.74) is 6.10. The molecule has 160 valence electrons. The molecule has 0 atom stereocenters. The monoisotopic (exact) mass is 421 g/mol. The Labute approximate surface area is 179 Å². The fourth-order valence-electron chi connectivity index (χ4n) is 3.56. The first-order valence-electron chi connectivity index (χ1n) is 9.98. The Bertz CT molecular complexity index is 1200. The minimum absolute atomic E-state index is 0.377. The van der Waals surface area contributed by atoms with Crippen molar-refractivity contribution in [2.45, 2.75) is 33.7 Å². The number of halogens is 1. The molecule has 31 heavy (non-hydrogen) atoms. The number of nitrogens with zero attached hydrogens (tertiary/aromatic N) is 7. The first kappa shape index (κ1) is 20.8. The molecule has 0 unspecified atom stereocenters. The van der Waals surface area contributed by atoms with Gasteiger partial charge in [0.25, 0.3) is 0 Å². The lowest BCUT2D eigenvalue weighted by atomic mass is 10.1. The third-order valence-corrected chi connectivity index (χ3v) is 5.08. The SMILES string of the molecule is COCCn1nc(-c2ccc(F)cn2)c(C)c1Cc1cc(-n2nc(C)cc2C)ncn1. The van der Waals surface area contributed by atoms with Gasteiger partial charge in [0.05, 0.1) is 36.4 Å². The summed E-state index contributed by atoms with van der Waals surface area (Å²) in [4.78, 5) is 13.0. The highest BCUT2D eigenvalue weighted by Gasteiger charge is 2.18. The number of pyridine rings is 1. The van der Waals surface area contributed by atoms with Crippen molar-refractivity contribution >= 4 is 0 Å². The molecule has 4 rings (SSSR count). The first-order chi connectivity index (χ1) is 15.0. The van der Waals surface area contributed by atoms with Gasteiger partial charge in [-0.25, -0.2) is 19.0 Å². The van der Waals surface area contributed by atoms with E-state index in [-0.39, 0.29) is 5.82 Å². The van der Waals surface area contributed by atoms with Gasteiger partial charge in [-0.2, -0.15) is 10.2 Å². The van der Waals surface area contributed by atoms with E-state index in [1.165, 1.54) is 12.3 Å². The van der Waals surface area contributed by atoms with E-state index >= 15 is 0 Å². The van der Waals surface area contributed by atoms with Crippen LogP contribution < -0.4 is 0 Å². The normalized spacial score (nSPS) is 11.3. The Hall–Kier alpha value is -3.46. The molecule has 0 saturated heterocycles. The highest BCUT2D eigenvalue weighted by molar-refractivity contribution is 5.60. The number of hydrogen-bond acceptors (Lipinski definition) is 6. The average molecular weight is 421 g/mol. The minimum atomic E-state index is -0.377. The van der Waals surface area contributed by atoms with Crippen molar-refractivity contribution in [2.24, 2.45) is 0 Å². The second-order valence-corrected chi connectivity index (χ2v) is 7.38. The predicted molar refractivity (Wildman–Crippen MR) is 113 cm³/mol. The van der Waals surface area contributed by atoms with E-state index in [9.17, 15) is 4.39 Å². The van der Waals surface area contributed by atoms with E-state index in [1.54, 1.807) is 19.5 Å². The fraction of sp³-hybridized carbons (Fsp3) is 0.318. The fourth-order valence-corrected chi connectivity index (χ4v) is 3.56. The van der Waals surface area contributed by atoms with Gasteiger partial charge < -0.3 is 4.74 Å². The quantitative estimate of drug-likeness (QED) is 0.456. The van der Waals surface area contributed by atoms with Crippen LogP contribution in [-0.4, -0.2) is 48.2 Å². The second-order valence-electron chi connectivity index (χ2n) is 7.38. The molecule has 9 heteroatoms. The summed E-state index contributed by atoms with van der Waals surface area (Å²) in [6.45, 7) is 7.05. The molecular formula is C22H24FN7O. The van der Waals surface area contributed by atoms with Crippen molar-refractivity contribution in [3.8, 4) is 17.2 Å². The van der Waals surface area contributed by atoms with Gasteiger partial charge in [0.1, 0.15) is 17.8 Å². The summed E-state index contributed by atoms with van der Waals surface area (Å²) in [6.07, 6.45) is 3.31. The Morgan fingerprint density at radius 2 is 1.87 bits per heavy atom. The summed E-state index contributed by atoms with van der Waals surface area (Å²) in [7, 11) is 1.66. The molecule has 0 bridgehead atoms. The summed E-state index contributed by atoms with van der Waals surface area (Å²) in [6, 6.07) is 6.97. The molecule has 0 N–H and O–H groups in total. The van der Waals surface area contributed by atoms with Crippen molar-refractivity contribution in [3.05, 3.63) is 70.9 Å². The summed E-state index contributed by atoms with van der Waals surface area (Å²) >= 11 is 0. The number of aryl methyl sites for hydroxylation is 2. The van der Waals surface area contributed by atoms with E-state index in [4.69, 9.17) is 9.84 Å². The number of methoxy groups -OCH3 is 1. The van der Waals surface area contributed by atoms with Crippen LogP contribution in [0.25, 0.3) is 17.2 Å². The third-order valence-electron chi connectivity index (χ3n) is 5.08. The number of rotatable bonds is 7. The highest BCUT2D eigenvalue weighted by Crippen LogP contribution is 2.25. The lowest BCUT2D eigenvalue weighted by Gasteiger charge is -2.09. The Morgan fingerprint density at radius 3 is 2.55 bits per heavy atom. The molecule has 0 aliphatic carbocycles. The summed E-state index contributed by atoms with van der Waals surface area (Å²) in [5.74, 6) is 0.342. The Balaban J connectivity index is 1.71. The number of aromatic nitrogens is 7. The zero-order valence-corrected chi connectivity index (χ0v) is 18.0. The van der Waals surface area contributed by atoms with Gasteiger partial charge in [-0.05, 0) is 39.0 Å². The van der Waals surface area contributed by atoms with Crippen LogP contribution >= 0.6 is 0 Å². The van der Waals surface area contributed by atoms with Gasteiger partial charge in [0.2, 0.25) is 0 Å². The Morgan fingerprint density at radius 1 is 1.03 bits per heavy atom. The lowest BCUT2D eigenvalue weighted by Crippen LogP contribution is -2.11. The van der Waals surface area contributed by atoms with E-state index in [2.05, 4.69) is 20.1 Å².